The number of aryl methyl sites for hydroxylation is 1. The number of benzene rings is 2. The lowest BCUT2D eigenvalue weighted by Gasteiger charge is -2.11. The van der Waals surface area contributed by atoms with Crippen molar-refractivity contribution in [2.24, 2.45) is 0 Å². The second-order valence-corrected chi connectivity index (χ2v) is 5.91. The second-order valence-electron chi connectivity index (χ2n) is 5.48. The van der Waals surface area contributed by atoms with E-state index < -0.39 is 11.7 Å². The third-order valence-corrected chi connectivity index (χ3v) is 3.78. The number of hydrogen-bond acceptors (Lipinski definition) is 3. The fourth-order valence-electron chi connectivity index (χ4n) is 2.32. The van der Waals surface area contributed by atoms with Gasteiger partial charge in [0.25, 0.3) is 5.91 Å². The molecule has 0 unspecified atom stereocenters. The van der Waals surface area contributed by atoms with Crippen LogP contribution in [0.1, 0.15) is 16.1 Å². The normalized spacial score (nSPS) is 10.4. The number of aromatic nitrogens is 1. The Kier molecular flexibility index (Phi) is 4.95. The van der Waals surface area contributed by atoms with Gasteiger partial charge in [-0.25, -0.2) is 4.39 Å². The van der Waals surface area contributed by atoms with E-state index in [-0.39, 0.29) is 5.69 Å². The van der Waals surface area contributed by atoms with Crippen molar-refractivity contribution in [1.82, 2.24) is 4.98 Å². The lowest BCUT2D eigenvalue weighted by atomic mass is 10.2. The summed E-state index contributed by atoms with van der Waals surface area (Å²) in [6, 6.07) is 14.6. The van der Waals surface area contributed by atoms with Crippen LogP contribution in [0, 0.1) is 12.7 Å². The maximum atomic E-state index is 13.2. The fourth-order valence-corrected chi connectivity index (χ4v) is 2.54. The molecule has 1 heterocycles. The van der Waals surface area contributed by atoms with Gasteiger partial charge in [0.2, 0.25) is 0 Å². The van der Waals surface area contributed by atoms with Gasteiger partial charge in [-0.05, 0) is 61.0 Å². The molecule has 0 aliphatic rings. The van der Waals surface area contributed by atoms with Crippen molar-refractivity contribution in [1.29, 1.82) is 0 Å². The van der Waals surface area contributed by atoms with Crippen LogP contribution < -0.4 is 10.6 Å². The molecule has 126 valence electrons. The Balaban J connectivity index is 1.77. The predicted molar refractivity (Wildman–Crippen MR) is 98.1 cm³/mol. The molecule has 6 heteroatoms. The van der Waals surface area contributed by atoms with E-state index in [9.17, 15) is 9.18 Å². The van der Waals surface area contributed by atoms with Crippen molar-refractivity contribution in [3.05, 3.63) is 82.9 Å². The first-order valence-corrected chi connectivity index (χ1v) is 7.95. The van der Waals surface area contributed by atoms with Gasteiger partial charge in [-0.3, -0.25) is 9.78 Å². The van der Waals surface area contributed by atoms with E-state index >= 15 is 0 Å². The summed E-state index contributed by atoms with van der Waals surface area (Å²) in [5, 5.41) is 6.51. The average molecular weight is 356 g/mol. The van der Waals surface area contributed by atoms with Gasteiger partial charge in [0, 0.05) is 28.3 Å². The number of halogens is 2. The highest BCUT2D eigenvalue weighted by Crippen LogP contribution is 2.23. The summed E-state index contributed by atoms with van der Waals surface area (Å²) in [6.45, 7) is 1.94. The summed E-state index contributed by atoms with van der Waals surface area (Å²) in [5.74, 6) is -0.832. The number of anilines is 3. The topological polar surface area (TPSA) is 54.0 Å². The summed E-state index contributed by atoms with van der Waals surface area (Å²) < 4.78 is 13.2. The number of amides is 1. The number of nitrogens with one attached hydrogen (secondary N) is 2. The number of carbonyl (C=O) groups excluding carboxylic acids is 1. The van der Waals surface area contributed by atoms with Gasteiger partial charge in [0.1, 0.15) is 11.5 Å². The number of pyridine rings is 1. The quantitative estimate of drug-likeness (QED) is 0.678. The summed E-state index contributed by atoms with van der Waals surface area (Å²) in [7, 11) is 0. The third-order valence-electron chi connectivity index (χ3n) is 3.54. The molecule has 0 aliphatic carbocycles. The Morgan fingerprint density at radius 1 is 1.08 bits per heavy atom. The largest absolute Gasteiger partial charge is 0.355 e. The molecule has 3 aromatic rings. The van der Waals surface area contributed by atoms with Gasteiger partial charge in [0.15, 0.2) is 0 Å². The molecule has 4 nitrogen and oxygen atoms in total. The van der Waals surface area contributed by atoms with Crippen molar-refractivity contribution in [2.45, 2.75) is 6.92 Å². The Hall–Kier alpha value is -2.92. The molecule has 25 heavy (non-hydrogen) atoms. The van der Waals surface area contributed by atoms with E-state index in [1.807, 2.05) is 19.1 Å². The minimum Gasteiger partial charge on any atom is -0.355 e. The molecule has 0 bridgehead atoms. The zero-order valence-electron chi connectivity index (χ0n) is 13.4. The minimum atomic E-state index is -0.417. The summed E-state index contributed by atoms with van der Waals surface area (Å²) in [4.78, 5) is 16.4. The van der Waals surface area contributed by atoms with Crippen LogP contribution in [0.25, 0.3) is 0 Å². The van der Waals surface area contributed by atoms with Crippen LogP contribution in [0.15, 0.2) is 60.8 Å². The molecule has 1 aromatic heterocycles. The lowest BCUT2D eigenvalue weighted by molar-refractivity contribution is 0.102. The summed E-state index contributed by atoms with van der Waals surface area (Å²) >= 11 is 5.96. The summed E-state index contributed by atoms with van der Waals surface area (Å²) in [5.41, 5.74) is 3.17. The number of hydrogen-bond donors (Lipinski definition) is 2. The first kappa shape index (κ1) is 16.9. The average Bonchev–Trinajstić information content (AvgIpc) is 2.58. The standard InChI is InChI=1S/C19H15ClFN3O/c1-12-9-13(20)5-6-17(12)23-16-7-8-22-18(11-16)19(25)24-15-4-2-3-14(21)10-15/h2-11H,1H3,(H,22,23)(H,24,25). The molecule has 0 fully saturated rings. The maximum Gasteiger partial charge on any atom is 0.274 e. The van der Waals surface area contributed by atoms with Crippen molar-refractivity contribution in [3.8, 4) is 0 Å². The van der Waals surface area contributed by atoms with Gasteiger partial charge in [0.05, 0.1) is 0 Å². The predicted octanol–water partition coefficient (Wildman–Crippen LogP) is 5.18. The Bertz CT molecular complexity index is 930. The van der Waals surface area contributed by atoms with E-state index in [0.717, 1.165) is 11.3 Å². The van der Waals surface area contributed by atoms with Crippen LogP contribution in [-0.2, 0) is 0 Å². The molecule has 0 saturated carbocycles. The molecular formula is C19H15ClFN3O. The molecule has 1 amide bonds. The first-order chi connectivity index (χ1) is 12.0. The fraction of sp³-hybridized carbons (Fsp3) is 0.0526. The van der Waals surface area contributed by atoms with E-state index in [1.165, 1.54) is 24.4 Å². The molecule has 0 atom stereocenters. The van der Waals surface area contributed by atoms with Gasteiger partial charge in [-0.2, -0.15) is 0 Å². The van der Waals surface area contributed by atoms with Gasteiger partial charge in [-0.1, -0.05) is 17.7 Å². The van der Waals surface area contributed by atoms with Crippen molar-refractivity contribution >= 4 is 34.6 Å². The van der Waals surface area contributed by atoms with Crippen molar-refractivity contribution < 1.29 is 9.18 Å². The van der Waals surface area contributed by atoms with Crippen LogP contribution in [0.4, 0.5) is 21.5 Å². The van der Waals surface area contributed by atoms with Crippen LogP contribution in [-0.4, -0.2) is 10.9 Å². The van der Waals surface area contributed by atoms with E-state index in [0.29, 0.717) is 16.4 Å². The molecule has 2 aromatic carbocycles. The highest BCUT2D eigenvalue weighted by molar-refractivity contribution is 6.30. The maximum absolute atomic E-state index is 13.2. The molecule has 0 aliphatic heterocycles. The molecule has 2 N–H and O–H groups in total. The molecular weight excluding hydrogens is 341 g/mol. The van der Waals surface area contributed by atoms with Gasteiger partial charge < -0.3 is 10.6 Å². The highest BCUT2D eigenvalue weighted by Gasteiger charge is 2.09. The molecule has 0 saturated heterocycles. The lowest BCUT2D eigenvalue weighted by Crippen LogP contribution is -2.14. The zero-order chi connectivity index (χ0) is 17.8. The van der Waals surface area contributed by atoms with Crippen LogP contribution in [0.5, 0.6) is 0 Å². The van der Waals surface area contributed by atoms with Crippen molar-refractivity contribution in [2.75, 3.05) is 10.6 Å². The minimum absolute atomic E-state index is 0.223. The molecule has 3 rings (SSSR count). The van der Waals surface area contributed by atoms with Crippen LogP contribution in [0.3, 0.4) is 0 Å². The van der Waals surface area contributed by atoms with E-state index in [1.54, 1.807) is 24.3 Å². The zero-order valence-corrected chi connectivity index (χ0v) is 14.1. The van der Waals surface area contributed by atoms with Crippen molar-refractivity contribution in [3.63, 3.8) is 0 Å². The Morgan fingerprint density at radius 3 is 2.68 bits per heavy atom. The van der Waals surface area contributed by atoms with E-state index in [4.69, 9.17) is 11.6 Å². The first-order valence-electron chi connectivity index (χ1n) is 7.57. The monoisotopic (exact) mass is 355 g/mol. The van der Waals surface area contributed by atoms with Crippen LogP contribution >= 0.6 is 11.6 Å². The summed E-state index contributed by atoms with van der Waals surface area (Å²) in [6.07, 6.45) is 1.54. The number of rotatable bonds is 4. The van der Waals surface area contributed by atoms with E-state index in [2.05, 4.69) is 15.6 Å². The Labute approximate surface area is 149 Å². The van der Waals surface area contributed by atoms with Gasteiger partial charge in [-0.15, -0.1) is 0 Å². The van der Waals surface area contributed by atoms with Gasteiger partial charge >= 0.3 is 0 Å². The molecule has 0 radical (unpaired) electrons. The Morgan fingerprint density at radius 2 is 1.92 bits per heavy atom. The highest BCUT2D eigenvalue weighted by atomic mass is 35.5. The number of nitrogens with zero attached hydrogens (tertiary/aromatic N) is 1. The number of carbonyl (C=O) groups is 1. The third kappa shape index (κ3) is 4.33. The van der Waals surface area contributed by atoms with Crippen LogP contribution in [0.2, 0.25) is 5.02 Å². The molecule has 0 spiro atoms. The second kappa shape index (κ2) is 7.32. The SMILES string of the molecule is Cc1cc(Cl)ccc1Nc1ccnc(C(=O)Nc2cccc(F)c2)c1. The smallest absolute Gasteiger partial charge is 0.274 e.